The van der Waals surface area contributed by atoms with Gasteiger partial charge in [0, 0.05) is 32.9 Å². The fourth-order valence-electron chi connectivity index (χ4n) is 4.90. The van der Waals surface area contributed by atoms with Crippen LogP contribution in [0.4, 0.5) is 0 Å². The van der Waals surface area contributed by atoms with Crippen LogP contribution < -0.4 is 0 Å². The number of fused-ring (bicyclic) bond motifs is 6. The lowest BCUT2D eigenvalue weighted by Crippen LogP contribution is -1.94. The number of nitrogens with zero attached hydrogens (tertiary/aromatic N) is 2. The maximum atomic E-state index is 4.06. The van der Waals surface area contributed by atoms with Crippen molar-refractivity contribution in [1.82, 2.24) is 9.13 Å². The van der Waals surface area contributed by atoms with Gasteiger partial charge >= 0.3 is 0 Å². The van der Waals surface area contributed by atoms with E-state index in [9.17, 15) is 0 Å². The maximum Gasteiger partial charge on any atom is 0.0548 e. The molecule has 0 fully saturated rings. The molecule has 148 valence electrons. The molecule has 0 amide bonds. The van der Waals surface area contributed by atoms with Crippen LogP contribution in [0.15, 0.2) is 110 Å². The maximum absolute atomic E-state index is 4.06. The lowest BCUT2D eigenvalue weighted by molar-refractivity contribution is 1.18. The molecule has 2 heterocycles. The third kappa shape index (κ3) is 2.45. The van der Waals surface area contributed by atoms with Gasteiger partial charge in [-0.05, 0) is 49.4 Å². The zero-order chi connectivity index (χ0) is 20.9. The van der Waals surface area contributed by atoms with E-state index < -0.39 is 0 Å². The number of hydrogen-bond donors (Lipinski definition) is 0. The summed E-state index contributed by atoms with van der Waals surface area (Å²) in [5.41, 5.74) is 7.13. The van der Waals surface area contributed by atoms with E-state index in [1.165, 1.54) is 49.3 Å². The number of hydrogen-bond acceptors (Lipinski definition) is 0. The lowest BCUT2D eigenvalue weighted by Gasteiger charge is -2.09. The van der Waals surface area contributed by atoms with E-state index in [1.54, 1.807) is 0 Å². The molecule has 6 aromatic rings. The number of para-hydroxylation sites is 3. The minimum absolute atomic E-state index is 1.09. The summed E-state index contributed by atoms with van der Waals surface area (Å²) in [7, 11) is 0. The summed E-state index contributed by atoms with van der Waals surface area (Å²) in [6.07, 6.45) is 4.06. The predicted molar refractivity (Wildman–Crippen MR) is 134 cm³/mol. The van der Waals surface area contributed by atoms with Gasteiger partial charge in [-0.1, -0.05) is 67.3 Å². The molecule has 0 radical (unpaired) electrons. The van der Waals surface area contributed by atoms with Crippen molar-refractivity contribution in [3.63, 3.8) is 0 Å². The van der Waals surface area contributed by atoms with Crippen LogP contribution in [0.2, 0.25) is 0 Å². The van der Waals surface area contributed by atoms with Crippen LogP contribution in [0.3, 0.4) is 0 Å². The normalized spacial score (nSPS) is 12.4. The van der Waals surface area contributed by atoms with Gasteiger partial charge < -0.3 is 9.13 Å². The Morgan fingerprint density at radius 1 is 0.645 bits per heavy atom. The second-order valence-corrected chi connectivity index (χ2v) is 7.84. The summed E-state index contributed by atoms with van der Waals surface area (Å²) in [5.74, 6) is 0. The molecular weight excluding hydrogens is 376 g/mol. The first-order valence-corrected chi connectivity index (χ1v) is 10.6. The molecule has 0 bridgehead atoms. The highest BCUT2D eigenvalue weighted by Gasteiger charge is 2.17. The summed E-state index contributed by atoms with van der Waals surface area (Å²) in [6, 6.07) is 32.6. The van der Waals surface area contributed by atoms with E-state index in [-0.39, 0.29) is 0 Å². The van der Waals surface area contributed by atoms with E-state index in [0.717, 1.165) is 5.70 Å². The molecule has 31 heavy (non-hydrogen) atoms. The van der Waals surface area contributed by atoms with Crippen LogP contribution in [-0.4, -0.2) is 9.13 Å². The fourth-order valence-corrected chi connectivity index (χ4v) is 4.90. The van der Waals surface area contributed by atoms with Crippen LogP contribution >= 0.6 is 0 Å². The zero-order valence-electron chi connectivity index (χ0n) is 17.4. The number of aromatic nitrogens is 2. The van der Waals surface area contributed by atoms with Gasteiger partial charge in [0.2, 0.25) is 0 Å². The van der Waals surface area contributed by atoms with Crippen molar-refractivity contribution >= 4 is 49.3 Å². The average Bonchev–Trinajstić information content (AvgIpc) is 3.32. The van der Waals surface area contributed by atoms with Crippen molar-refractivity contribution in [2.24, 2.45) is 0 Å². The highest BCUT2D eigenvalue weighted by atomic mass is 15.0. The van der Waals surface area contributed by atoms with Gasteiger partial charge in [-0.2, -0.15) is 0 Å². The smallest absolute Gasteiger partial charge is 0.0548 e. The molecular formula is C29H22N2. The molecule has 6 rings (SSSR count). The topological polar surface area (TPSA) is 9.86 Å². The highest BCUT2D eigenvalue weighted by molar-refractivity contribution is 6.19. The average molecular weight is 399 g/mol. The number of rotatable bonds is 3. The molecule has 0 atom stereocenters. The Balaban J connectivity index is 1.86. The van der Waals surface area contributed by atoms with Crippen LogP contribution in [0.1, 0.15) is 6.92 Å². The Bertz CT molecular complexity index is 1640. The first-order chi connectivity index (χ1) is 15.3. The van der Waals surface area contributed by atoms with Gasteiger partial charge in [0.15, 0.2) is 0 Å². The number of allylic oxidation sites excluding steroid dienone is 3. The Labute approximate surface area is 180 Å². The minimum atomic E-state index is 1.09. The highest BCUT2D eigenvalue weighted by Crippen LogP contribution is 2.39. The molecule has 0 saturated carbocycles. The van der Waals surface area contributed by atoms with Crippen LogP contribution in [0, 0.1) is 0 Å². The second-order valence-electron chi connectivity index (χ2n) is 7.84. The van der Waals surface area contributed by atoms with Crippen molar-refractivity contribution in [1.29, 1.82) is 0 Å². The molecule has 4 aromatic carbocycles. The zero-order valence-corrected chi connectivity index (χ0v) is 17.4. The summed E-state index contributed by atoms with van der Waals surface area (Å²) in [6.45, 7) is 6.13. The SMILES string of the molecule is C=C/C(=C\C)n1c2ccccc2c2cc3c(cc21)c1ccccc1n3-c1ccccc1. The van der Waals surface area contributed by atoms with Crippen LogP contribution in [-0.2, 0) is 0 Å². The van der Waals surface area contributed by atoms with E-state index >= 15 is 0 Å². The molecule has 0 aliphatic heterocycles. The van der Waals surface area contributed by atoms with Crippen molar-refractivity contribution < 1.29 is 0 Å². The Hall–Kier alpha value is -4.04. The molecule has 0 N–H and O–H groups in total. The van der Waals surface area contributed by atoms with Crippen molar-refractivity contribution in [3.05, 3.63) is 110 Å². The molecule has 2 heteroatoms. The predicted octanol–water partition coefficient (Wildman–Crippen LogP) is 7.94. The molecule has 0 unspecified atom stereocenters. The quantitative estimate of drug-likeness (QED) is 0.268. The summed E-state index contributed by atoms with van der Waals surface area (Å²) in [4.78, 5) is 0. The van der Waals surface area contributed by atoms with Gasteiger partial charge in [0.1, 0.15) is 0 Å². The lowest BCUT2D eigenvalue weighted by atomic mass is 10.1. The molecule has 0 aliphatic rings. The van der Waals surface area contributed by atoms with Gasteiger partial charge in [-0.25, -0.2) is 0 Å². The Morgan fingerprint density at radius 2 is 1.23 bits per heavy atom. The minimum Gasteiger partial charge on any atom is -0.310 e. The fraction of sp³-hybridized carbons (Fsp3) is 0.0345. The van der Waals surface area contributed by atoms with Gasteiger partial charge in [-0.15, -0.1) is 0 Å². The van der Waals surface area contributed by atoms with Gasteiger partial charge in [0.25, 0.3) is 0 Å². The van der Waals surface area contributed by atoms with Gasteiger partial charge in [-0.3, -0.25) is 0 Å². The number of benzene rings is 4. The molecule has 2 aromatic heterocycles. The standard InChI is InChI=1S/C29H22N2/c1-3-20(4-2)30-26-16-10-8-14-22(26)24-19-29-25(18-28(24)30)23-15-9-11-17-27(23)31(29)21-12-6-5-7-13-21/h3-19H,1H2,2H3/b20-4+. The summed E-state index contributed by atoms with van der Waals surface area (Å²) >= 11 is 0. The van der Waals surface area contributed by atoms with E-state index in [4.69, 9.17) is 0 Å². The Kier molecular flexibility index (Phi) is 3.87. The molecule has 0 saturated heterocycles. The third-order valence-corrected chi connectivity index (χ3v) is 6.24. The van der Waals surface area contributed by atoms with E-state index in [0.29, 0.717) is 0 Å². The van der Waals surface area contributed by atoms with Crippen molar-refractivity contribution in [2.75, 3.05) is 0 Å². The Morgan fingerprint density at radius 3 is 1.94 bits per heavy atom. The third-order valence-electron chi connectivity index (χ3n) is 6.24. The van der Waals surface area contributed by atoms with Crippen LogP contribution in [0.5, 0.6) is 0 Å². The first-order valence-electron chi connectivity index (χ1n) is 10.6. The van der Waals surface area contributed by atoms with E-state index in [1.807, 2.05) is 6.08 Å². The van der Waals surface area contributed by atoms with Crippen LogP contribution in [0.25, 0.3) is 55.0 Å². The summed E-state index contributed by atoms with van der Waals surface area (Å²) in [5, 5.41) is 5.03. The van der Waals surface area contributed by atoms with Crippen molar-refractivity contribution in [2.45, 2.75) is 6.92 Å². The molecule has 0 aliphatic carbocycles. The molecule has 2 nitrogen and oxygen atoms in total. The summed E-state index contributed by atoms with van der Waals surface area (Å²) < 4.78 is 4.70. The monoisotopic (exact) mass is 398 g/mol. The molecule has 0 spiro atoms. The largest absolute Gasteiger partial charge is 0.310 e. The van der Waals surface area contributed by atoms with Gasteiger partial charge in [0.05, 0.1) is 22.1 Å². The van der Waals surface area contributed by atoms with E-state index in [2.05, 4.69) is 120 Å². The first kappa shape index (κ1) is 17.8. The van der Waals surface area contributed by atoms with Crippen molar-refractivity contribution in [3.8, 4) is 5.69 Å². The second kappa shape index (κ2) is 6.75.